The lowest BCUT2D eigenvalue weighted by Gasteiger charge is -2.09. The molecule has 0 atom stereocenters. The number of amides is 1. The van der Waals surface area contributed by atoms with Gasteiger partial charge in [0, 0.05) is 12.1 Å². The van der Waals surface area contributed by atoms with Gasteiger partial charge in [0.25, 0.3) is 5.91 Å². The Labute approximate surface area is 143 Å². The summed E-state index contributed by atoms with van der Waals surface area (Å²) < 4.78 is 45.7. The maximum Gasteiger partial charge on any atom is 0.411 e. The second kappa shape index (κ2) is 8.53. The summed E-state index contributed by atoms with van der Waals surface area (Å²) >= 11 is 0. The number of benzene rings is 2. The van der Waals surface area contributed by atoms with Crippen LogP contribution in [-0.4, -0.2) is 25.8 Å². The number of methoxy groups -OCH3 is 1. The van der Waals surface area contributed by atoms with Gasteiger partial charge in [-0.3, -0.25) is 4.79 Å². The fraction of sp³-hybridized carbons (Fsp3) is 0.278. The summed E-state index contributed by atoms with van der Waals surface area (Å²) in [5, 5.41) is 2.77. The average Bonchev–Trinajstić information content (AvgIpc) is 2.59. The predicted octanol–water partition coefficient (Wildman–Crippen LogP) is 3.70. The van der Waals surface area contributed by atoms with E-state index < -0.39 is 12.8 Å². The van der Waals surface area contributed by atoms with E-state index in [2.05, 4.69) is 10.1 Å². The topological polar surface area (TPSA) is 47.6 Å². The minimum absolute atomic E-state index is 0.161. The van der Waals surface area contributed by atoms with Gasteiger partial charge >= 0.3 is 6.18 Å². The maximum atomic E-state index is 12.1. The molecule has 4 nitrogen and oxygen atoms in total. The van der Waals surface area contributed by atoms with Crippen molar-refractivity contribution in [1.29, 1.82) is 0 Å². The van der Waals surface area contributed by atoms with Crippen LogP contribution in [0.3, 0.4) is 0 Å². The molecule has 25 heavy (non-hydrogen) atoms. The third kappa shape index (κ3) is 6.46. The first-order valence-electron chi connectivity index (χ1n) is 7.52. The van der Waals surface area contributed by atoms with Crippen molar-refractivity contribution in [2.75, 3.05) is 13.7 Å². The van der Waals surface area contributed by atoms with E-state index in [-0.39, 0.29) is 12.5 Å². The first kappa shape index (κ1) is 18.8. The monoisotopic (exact) mass is 353 g/mol. The van der Waals surface area contributed by atoms with Gasteiger partial charge in [0.1, 0.15) is 12.4 Å². The molecule has 0 bridgehead atoms. The molecule has 0 spiro atoms. The molecule has 0 aliphatic rings. The molecule has 1 amide bonds. The number of rotatable bonds is 7. The molecule has 0 saturated heterocycles. The molecular weight excluding hydrogens is 335 g/mol. The highest BCUT2D eigenvalue weighted by Crippen LogP contribution is 2.16. The molecule has 2 rings (SSSR count). The van der Waals surface area contributed by atoms with Crippen molar-refractivity contribution in [2.24, 2.45) is 0 Å². The fourth-order valence-corrected chi connectivity index (χ4v) is 2.10. The second-order valence-electron chi connectivity index (χ2n) is 5.34. The van der Waals surface area contributed by atoms with Crippen LogP contribution in [0, 0.1) is 0 Å². The number of halogens is 3. The number of alkyl halides is 3. The zero-order valence-corrected chi connectivity index (χ0v) is 13.6. The quantitative estimate of drug-likeness (QED) is 0.826. The van der Waals surface area contributed by atoms with Crippen LogP contribution in [-0.2, 0) is 17.9 Å². The van der Waals surface area contributed by atoms with E-state index in [0.717, 1.165) is 5.56 Å². The molecule has 0 radical (unpaired) electrons. The third-order valence-corrected chi connectivity index (χ3v) is 3.34. The van der Waals surface area contributed by atoms with Crippen LogP contribution in [0.2, 0.25) is 0 Å². The number of carbonyl (C=O) groups is 1. The van der Waals surface area contributed by atoms with E-state index in [1.54, 1.807) is 31.4 Å². The highest BCUT2D eigenvalue weighted by molar-refractivity contribution is 5.94. The average molecular weight is 353 g/mol. The number of hydrogen-bond acceptors (Lipinski definition) is 3. The van der Waals surface area contributed by atoms with Crippen molar-refractivity contribution in [3.8, 4) is 5.75 Å². The van der Waals surface area contributed by atoms with Gasteiger partial charge in [0.15, 0.2) is 0 Å². The van der Waals surface area contributed by atoms with Crippen LogP contribution in [0.1, 0.15) is 21.5 Å². The Bertz CT molecular complexity index is 699. The molecule has 0 aliphatic heterocycles. The Kier molecular flexibility index (Phi) is 6.41. The minimum Gasteiger partial charge on any atom is -0.497 e. The van der Waals surface area contributed by atoms with Gasteiger partial charge in [-0.25, -0.2) is 0 Å². The van der Waals surface area contributed by atoms with Gasteiger partial charge in [-0.15, -0.1) is 0 Å². The molecule has 2 aromatic rings. The highest BCUT2D eigenvalue weighted by atomic mass is 19.4. The Hall–Kier alpha value is -2.54. The molecule has 0 unspecified atom stereocenters. The molecule has 2 aromatic carbocycles. The van der Waals surface area contributed by atoms with Crippen molar-refractivity contribution in [2.45, 2.75) is 19.3 Å². The second-order valence-corrected chi connectivity index (χ2v) is 5.34. The number of carbonyl (C=O) groups excluding carboxylic acids is 1. The van der Waals surface area contributed by atoms with E-state index in [1.165, 1.54) is 0 Å². The first-order valence-corrected chi connectivity index (χ1v) is 7.52. The predicted molar refractivity (Wildman–Crippen MR) is 86.3 cm³/mol. The first-order chi connectivity index (χ1) is 11.9. The van der Waals surface area contributed by atoms with Crippen LogP contribution in [0.5, 0.6) is 5.75 Å². The lowest BCUT2D eigenvalue weighted by atomic mass is 10.1. The summed E-state index contributed by atoms with van der Waals surface area (Å²) in [4.78, 5) is 12.1. The molecule has 0 saturated carbocycles. The molecule has 0 fully saturated rings. The van der Waals surface area contributed by atoms with E-state index >= 15 is 0 Å². The Balaban J connectivity index is 1.85. The summed E-state index contributed by atoms with van der Waals surface area (Å²) in [6, 6.07) is 13.6. The SMILES string of the molecule is COc1cccc(CNC(=O)c2ccc(COCC(F)(F)F)cc2)c1. The van der Waals surface area contributed by atoms with Crippen LogP contribution >= 0.6 is 0 Å². The Morgan fingerprint density at radius 1 is 1.08 bits per heavy atom. The van der Waals surface area contributed by atoms with Crippen LogP contribution in [0.25, 0.3) is 0 Å². The molecule has 0 heterocycles. The third-order valence-electron chi connectivity index (χ3n) is 3.34. The summed E-state index contributed by atoms with van der Waals surface area (Å²) in [5.74, 6) is 0.431. The highest BCUT2D eigenvalue weighted by Gasteiger charge is 2.27. The van der Waals surface area contributed by atoms with Gasteiger partial charge in [0.2, 0.25) is 0 Å². The van der Waals surface area contributed by atoms with Crippen LogP contribution < -0.4 is 10.1 Å². The summed E-state index contributed by atoms with van der Waals surface area (Å²) in [5.41, 5.74) is 1.88. The molecule has 0 aliphatic carbocycles. The Morgan fingerprint density at radius 2 is 1.80 bits per heavy atom. The standard InChI is InChI=1S/C18H18F3NO3/c1-24-16-4-2-3-14(9-16)10-22-17(23)15-7-5-13(6-8-15)11-25-12-18(19,20)21/h2-9H,10-12H2,1H3,(H,22,23). The van der Waals surface area contributed by atoms with E-state index in [4.69, 9.17) is 4.74 Å². The summed E-state index contributed by atoms with van der Waals surface area (Å²) in [6.07, 6.45) is -4.35. The lowest BCUT2D eigenvalue weighted by Crippen LogP contribution is -2.22. The number of hydrogen-bond donors (Lipinski definition) is 1. The molecule has 134 valence electrons. The van der Waals surface area contributed by atoms with Crippen LogP contribution in [0.4, 0.5) is 13.2 Å². The van der Waals surface area contributed by atoms with Gasteiger partial charge in [-0.1, -0.05) is 24.3 Å². The van der Waals surface area contributed by atoms with Gasteiger partial charge in [-0.05, 0) is 35.4 Å². The zero-order valence-electron chi connectivity index (χ0n) is 13.6. The van der Waals surface area contributed by atoms with Crippen molar-refractivity contribution in [1.82, 2.24) is 5.32 Å². The van der Waals surface area contributed by atoms with Crippen molar-refractivity contribution >= 4 is 5.91 Å². The van der Waals surface area contributed by atoms with E-state index in [9.17, 15) is 18.0 Å². The lowest BCUT2D eigenvalue weighted by molar-refractivity contribution is -0.176. The Morgan fingerprint density at radius 3 is 2.44 bits per heavy atom. The van der Waals surface area contributed by atoms with E-state index in [0.29, 0.717) is 23.4 Å². The largest absolute Gasteiger partial charge is 0.497 e. The smallest absolute Gasteiger partial charge is 0.411 e. The minimum atomic E-state index is -4.35. The van der Waals surface area contributed by atoms with Crippen molar-refractivity contribution < 1.29 is 27.4 Å². The van der Waals surface area contributed by atoms with Gasteiger partial charge < -0.3 is 14.8 Å². The summed E-state index contributed by atoms with van der Waals surface area (Å²) in [7, 11) is 1.57. The van der Waals surface area contributed by atoms with Crippen LogP contribution in [0.15, 0.2) is 48.5 Å². The van der Waals surface area contributed by atoms with Crippen molar-refractivity contribution in [3.63, 3.8) is 0 Å². The van der Waals surface area contributed by atoms with Gasteiger partial charge in [0.05, 0.1) is 13.7 Å². The van der Waals surface area contributed by atoms with Crippen molar-refractivity contribution in [3.05, 3.63) is 65.2 Å². The molecule has 7 heteroatoms. The summed E-state index contributed by atoms with van der Waals surface area (Å²) in [6.45, 7) is -1.12. The molecule has 1 N–H and O–H groups in total. The van der Waals surface area contributed by atoms with Gasteiger partial charge in [-0.2, -0.15) is 13.2 Å². The molecular formula is C18H18F3NO3. The normalized spacial score (nSPS) is 11.2. The fourth-order valence-electron chi connectivity index (χ4n) is 2.10. The van der Waals surface area contributed by atoms with E-state index in [1.807, 2.05) is 24.3 Å². The number of nitrogens with one attached hydrogen (secondary N) is 1. The zero-order chi connectivity index (χ0) is 18.3. The number of ether oxygens (including phenoxy) is 2. The maximum absolute atomic E-state index is 12.1. The molecule has 0 aromatic heterocycles.